The minimum absolute atomic E-state index is 0.401. The molecule has 90 valence electrons. The summed E-state index contributed by atoms with van der Waals surface area (Å²) in [6.45, 7) is 0.0422. The van der Waals surface area contributed by atoms with Crippen molar-refractivity contribution in [2.45, 2.75) is 12.6 Å². The van der Waals surface area contributed by atoms with Crippen molar-refractivity contribution in [1.82, 2.24) is 5.32 Å². The van der Waals surface area contributed by atoms with Crippen molar-refractivity contribution in [3.63, 3.8) is 0 Å². The Labute approximate surface area is 93.8 Å². The van der Waals surface area contributed by atoms with Crippen LogP contribution in [0.4, 0.5) is 0 Å². The van der Waals surface area contributed by atoms with E-state index in [0.717, 1.165) is 5.56 Å². The molecular weight excluding hydrogens is 210 g/mol. The Balaban J connectivity index is 0.00000106. The molecule has 0 aliphatic heterocycles. The lowest BCUT2D eigenvalue weighted by molar-refractivity contribution is -0.140. The Morgan fingerprint density at radius 1 is 1.31 bits per heavy atom. The number of carbonyl (C=O) groups is 1. The third-order valence-corrected chi connectivity index (χ3v) is 1.88. The van der Waals surface area contributed by atoms with E-state index < -0.39 is 18.6 Å². The summed E-state index contributed by atoms with van der Waals surface area (Å²) in [7, 11) is 0. The lowest BCUT2D eigenvalue weighted by Gasteiger charge is -2.10. The van der Waals surface area contributed by atoms with Crippen LogP contribution in [0.2, 0.25) is 0 Å². The molecule has 6 nitrogen and oxygen atoms in total. The van der Waals surface area contributed by atoms with E-state index in [1.807, 2.05) is 30.3 Å². The molecule has 0 radical (unpaired) electrons. The highest BCUT2D eigenvalue weighted by molar-refractivity contribution is 5.73. The first-order valence-corrected chi connectivity index (χ1v) is 4.68. The molecule has 0 heterocycles. The number of benzene rings is 1. The summed E-state index contributed by atoms with van der Waals surface area (Å²) in [5, 5.41) is 20.1. The molecule has 1 unspecified atom stereocenters. The Bertz CT molecular complexity index is 293. The number of nitrogens with one attached hydrogen (secondary N) is 1. The fourth-order valence-corrected chi connectivity index (χ4v) is 1.07. The van der Waals surface area contributed by atoms with Crippen LogP contribution >= 0.6 is 0 Å². The van der Waals surface area contributed by atoms with E-state index in [9.17, 15) is 4.79 Å². The van der Waals surface area contributed by atoms with Crippen molar-refractivity contribution in [3.8, 4) is 0 Å². The number of hydrogen-bond acceptors (Lipinski definition) is 5. The molecule has 0 fully saturated rings. The first kappa shape index (κ1) is 14.5. The van der Waals surface area contributed by atoms with Crippen LogP contribution in [0, 0.1) is 0 Å². The number of hydrazine groups is 1. The number of nitrogens with two attached hydrogens (primary N) is 2. The van der Waals surface area contributed by atoms with Crippen LogP contribution in [0.25, 0.3) is 0 Å². The predicted octanol–water partition coefficient (Wildman–Crippen LogP) is -0.959. The van der Waals surface area contributed by atoms with Gasteiger partial charge in [-0.1, -0.05) is 30.3 Å². The third kappa shape index (κ3) is 5.42. The molecule has 0 amide bonds. The van der Waals surface area contributed by atoms with Crippen LogP contribution in [0.5, 0.6) is 0 Å². The van der Waals surface area contributed by atoms with E-state index in [1.165, 1.54) is 0 Å². The smallest absolute Gasteiger partial charge is 0.323 e. The Hall–Kier alpha value is -1.47. The topological polar surface area (TPSA) is 122 Å². The number of aliphatic hydroxyl groups excluding tert-OH is 1. The van der Waals surface area contributed by atoms with Gasteiger partial charge >= 0.3 is 5.97 Å². The molecule has 0 spiro atoms. The average molecular weight is 227 g/mol. The summed E-state index contributed by atoms with van der Waals surface area (Å²) in [5.41, 5.74) is 0.993. The van der Waals surface area contributed by atoms with Gasteiger partial charge in [0.25, 0.3) is 0 Å². The van der Waals surface area contributed by atoms with Gasteiger partial charge in [-0.15, -0.1) is 0 Å². The first-order valence-electron chi connectivity index (χ1n) is 4.68. The maximum absolute atomic E-state index is 10.5. The van der Waals surface area contributed by atoms with Gasteiger partial charge in [0.2, 0.25) is 0 Å². The minimum atomic E-state index is -1.04. The molecule has 0 saturated carbocycles. The zero-order chi connectivity index (χ0) is 12.4. The van der Waals surface area contributed by atoms with Gasteiger partial charge in [0.05, 0.1) is 6.61 Å². The van der Waals surface area contributed by atoms with E-state index in [2.05, 4.69) is 17.0 Å². The normalized spacial score (nSPS) is 11.2. The van der Waals surface area contributed by atoms with Crippen LogP contribution < -0.4 is 17.0 Å². The molecule has 0 saturated heterocycles. The predicted molar refractivity (Wildman–Crippen MR) is 60.2 cm³/mol. The molecule has 16 heavy (non-hydrogen) atoms. The Morgan fingerprint density at radius 3 is 2.31 bits per heavy atom. The highest BCUT2D eigenvalue weighted by Gasteiger charge is 2.14. The highest BCUT2D eigenvalue weighted by Crippen LogP contribution is 1.98. The van der Waals surface area contributed by atoms with Gasteiger partial charge in [0, 0.05) is 6.54 Å². The van der Waals surface area contributed by atoms with Gasteiger partial charge in [-0.05, 0) is 5.56 Å². The number of aliphatic carboxylic acids is 1. The van der Waals surface area contributed by atoms with E-state index in [-0.39, 0.29) is 0 Å². The van der Waals surface area contributed by atoms with Crippen molar-refractivity contribution in [1.29, 1.82) is 0 Å². The van der Waals surface area contributed by atoms with Crippen LogP contribution in [-0.4, -0.2) is 28.8 Å². The lowest BCUT2D eigenvalue weighted by atomic mass is 10.2. The van der Waals surface area contributed by atoms with Crippen molar-refractivity contribution in [2.24, 2.45) is 11.7 Å². The van der Waals surface area contributed by atoms with Gasteiger partial charge in [-0.2, -0.15) is 0 Å². The molecular formula is C10H17N3O3. The maximum Gasteiger partial charge on any atom is 0.323 e. The number of hydrogen-bond donors (Lipinski definition) is 5. The van der Waals surface area contributed by atoms with Crippen LogP contribution in [0.1, 0.15) is 5.56 Å². The summed E-state index contributed by atoms with van der Waals surface area (Å²) >= 11 is 0. The zero-order valence-electron chi connectivity index (χ0n) is 8.84. The second kappa shape index (κ2) is 8.81. The SMILES string of the molecule is NN.O=C(O)C(CO)NCc1ccccc1. The van der Waals surface area contributed by atoms with Gasteiger partial charge in [-0.25, -0.2) is 0 Å². The standard InChI is InChI=1S/C10H13NO3.H4N2/c12-7-9(10(13)14)11-6-8-4-2-1-3-5-8;1-2/h1-5,9,11-12H,6-7H2,(H,13,14);1-2H2. The molecule has 0 aromatic heterocycles. The van der Waals surface area contributed by atoms with Gasteiger partial charge in [-0.3, -0.25) is 21.8 Å². The number of carboxylic acids is 1. The Kier molecular flexibility index (Phi) is 8.00. The van der Waals surface area contributed by atoms with Gasteiger partial charge < -0.3 is 10.2 Å². The largest absolute Gasteiger partial charge is 0.480 e. The first-order chi connectivity index (χ1) is 7.74. The quantitative estimate of drug-likeness (QED) is 0.326. The number of aliphatic hydroxyl groups is 1. The van der Waals surface area contributed by atoms with Crippen molar-refractivity contribution in [3.05, 3.63) is 35.9 Å². The zero-order valence-corrected chi connectivity index (χ0v) is 8.84. The second-order valence-electron chi connectivity index (χ2n) is 2.94. The Morgan fingerprint density at radius 2 is 1.88 bits per heavy atom. The van der Waals surface area contributed by atoms with Crippen molar-refractivity contribution < 1.29 is 15.0 Å². The maximum atomic E-state index is 10.5. The molecule has 7 N–H and O–H groups in total. The summed E-state index contributed by atoms with van der Waals surface area (Å²) in [5.74, 6) is 6.96. The average Bonchev–Trinajstić information content (AvgIpc) is 2.33. The fraction of sp³-hybridized carbons (Fsp3) is 0.300. The van der Waals surface area contributed by atoms with Crippen molar-refractivity contribution >= 4 is 5.97 Å². The van der Waals surface area contributed by atoms with E-state index in [0.29, 0.717) is 6.54 Å². The van der Waals surface area contributed by atoms with E-state index in [1.54, 1.807) is 0 Å². The van der Waals surface area contributed by atoms with Gasteiger partial charge in [0.15, 0.2) is 0 Å². The van der Waals surface area contributed by atoms with Crippen molar-refractivity contribution in [2.75, 3.05) is 6.61 Å². The lowest BCUT2D eigenvalue weighted by Crippen LogP contribution is -2.39. The molecule has 0 aliphatic carbocycles. The molecule has 1 aromatic rings. The van der Waals surface area contributed by atoms with Gasteiger partial charge in [0.1, 0.15) is 6.04 Å². The fourth-order valence-electron chi connectivity index (χ4n) is 1.07. The summed E-state index contributed by atoms with van der Waals surface area (Å²) < 4.78 is 0. The summed E-state index contributed by atoms with van der Waals surface area (Å²) in [4.78, 5) is 10.5. The molecule has 0 bridgehead atoms. The molecule has 1 atom stereocenters. The monoisotopic (exact) mass is 227 g/mol. The second-order valence-corrected chi connectivity index (χ2v) is 2.94. The molecule has 1 aromatic carbocycles. The van der Waals surface area contributed by atoms with E-state index in [4.69, 9.17) is 10.2 Å². The molecule has 6 heteroatoms. The third-order valence-electron chi connectivity index (χ3n) is 1.88. The molecule has 1 rings (SSSR count). The number of rotatable bonds is 5. The van der Waals surface area contributed by atoms with E-state index >= 15 is 0 Å². The van der Waals surface area contributed by atoms with Crippen LogP contribution in [-0.2, 0) is 11.3 Å². The summed E-state index contributed by atoms with van der Waals surface area (Å²) in [6.07, 6.45) is 0. The highest BCUT2D eigenvalue weighted by atomic mass is 16.4. The minimum Gasteiger partial charge on any atom is -0.480 e. The molecule has 0 aliphatic rings. The van der Waals surface area contributed by atoms with Crippen LogP contribution in [0.3, 0.4) is 0 Å². The van der Waals surface area contributed by atoms with Crippen LogP contribution in [0.15, 0.2) is 30.3 Å². The summed E-state index contributed by atoms with van der Waals surface area (Å²) in [6, 6.07) is 8.55. The number of carboxylic acid groups (broad SMARTS) is 1.